The van der Waals surface area contributed by atoms with Crippen molar-refractivity contribution >= 4 is 11.8 Å². The lowest BCUT2D eigenvalue weighted by Gasteiger charge is -2.00. The first-order valence-corrected chi connectivity index (χ1v) is 4.36. The van der Waals surface area contributed by atoms with Crippen LogP contribution in [0.1, 0.15) is 5.56 Å². The van der Waals surface area contributed by atoms with E-state index in [1.54, 1.807) is 18.6 Å². The number of nitrogens with two attached hydrogens (primary N) is 1. The van der Waals surface area contributed by atoms with Crippen molar-refractivity contribution in [1.29, 1.82) is 0 Å². The van der Waals surface area contributed by atoms with E-state index in [-0.39, 0.29) is 0 Å². The maximum atomic E-state index is 5.29. The summed E-state index contributed by atoms with van der Waals surface area (Å²) >= 11 is 0. The molecule has 14 heavy (non-hydrogen) atoms. The molecule has 1 aromatic rings. The summed E-state index contributed by atoms with van der Waals surface area (Å²) in [4.78, 5) is 7.94. The number of nitrogens with zero attached hydrogens (tertiary/aromatic N) is 2. The molecular weight excluding hydrogens is 176 g/mol. The van der Waals surface area contributed by atoms with Gasteiger partial charge in [0, 0.05) is 37.4 Å². The van der Waals surface area contributed by atoms with Crippen molar-refractivity contribution in [2.45, 2.75) is 0 Å². The minimum Gasteiger partial charge on any atom is -0.393 e. The van der Waals surface area contributed by atoms with Crippen molar-refractivity contribution in [3.63, 3.8) is 0 Å². The van der Waals surface area contributed by atoms with E-state index in [1.807, 2.05) is 25.4 Å². The highest BCUT2D eigenvalue weighted by Crippen LogP contribution is 2.09. The van der Waals surface area contributed by atoms with Crippen LogP contribution in [0.3, 0.4) is 0 Å². The molecule has 3 N–H and O–H groups in total. The standard InChI is InChI=1S/C10H14N4/c1-12-6-10(7-14-8-11)9-2-4-13-5-3-9/h2-7,12H,8,11H2,1H3/b10-6+,14-7-. The number of hydrogen-bond acceptors (Lipinski definition) is 4. The summed E-state index contributed by atoms with van der Waals surface area (Å²) in [6, 6.07) is 3.84. The molecular formula is C10H14N4. The van der Waals surface area contributed by atoms with Crippen molar-refractivity contribution in [2.75, 3.05) is 13.7 Å². The van der Waals surface area contributed by atoms with Gasteiger partial charge in [-0.15, -0.1) is 0 Å². The summed E-state index contributed by atoms with van der Waals surface area (Å²) in [7, 11) is 1.84. The molecule has 0 aliphatic heterocycles. The topological polar surface area (TPSA) is 63.3 Å². The summed E-state index contributed by atoms with van der Waals surface area (Å²) in [6.07, 6.45) is 7.10. The van der Waals surface area contributed by atoms with Gasteiger partial charge in [-0.2, -0.15) is 0 Å². The molecule has 0 aromatic carbocycles. The van der Waals surface area contributed by atoms with Gasteiger partial charge in [0.1, 0.15) is 0 Å². The minimum atomic E-state index is 0.298. The van der Waals surface area contributed by atoms with Crippen LogP contribution in [-0.4, -0.2) is 24.9 Å². The predicted octanol–water partition coefficient (Wildman–Crippen LogP) is 0.629. The SMILES string of the molecule is CN/C=C(\C=N/CN)c1ccncc1. The van der Waals surface area contributed by atoms with Crippen LogP contribution in [0.15, 0.2) is 35.7 Å². The molecule has 1 heterocycles. The van der Waals surface area contributed by atoms with E-state index < -0.39 is 0 Å². The highest BCUT2D eigenvalue weighted by molar-refractivity contribution is 6.09. The summed E-state index contributed by atoms with van der Waals surface area (Å²) < 4.78 is 0. The maximum Gasteiger partial charge on any atom is 0.0859 e. The fraction of sp³-hybridized carbons (Fsp3) is 0.200. The number of pyridine rings is 1. The summed E-state index contributed by atoms with van der Waals surface area (Å²) in [5.74, 6) is 0. The van der Waals surface area contributed by atoms with Crippen LogP contribution in [-0.2, 0) is 0 Å². The number of rotatable bonds is 4. The van der Waals surface area contributed by atoms with Gasteiger partial charge >= 0.3 is 0 Å². The molecule has 0 saturated carbocycles. The van der Waals surface area contributed by atoms with Gasteiger partial charge in [-0.05, 0) is 17.7 Å². The van der Waals surface area contributed by atoms with E-state index in [0.717, 1.165) is 11.1 Å². The van der Waals surface area contributed by atoms with Crippen molar-refractivity contribution in [3.8, 4) is 0 Å². The van der Waals surface area contributed by atoms with Crippen LogP contribution < -0.4 is 11.1 Å². The Hall–Kier alpha value is -1.68. The molecule has 0 aliphatic carbocycles. The van der Waals surface area contributed by atoms with Crippen molar-refractivity contribution in [2.24, 2.45) is 10.7 Å². The predicted molar refractivity (Wildman–Crippen MR) is 58.8 cm³/mol. The first kappa shape index (κ1) is 10.4. The summed E-state index contributed by atoms with van der Waals surface area (Å²) in [5.41, 5.74) is 7.34. The third-order valence-electron chi connectivity index (χ3n) is 1.65. The zero-order chi connectivity index (χ0) is 10.2. The Kier molecular flexibility index (Phi) is 4.37. The normalized spacial score (nSPS) is 12.0. The molecule has 0 aliphatic rings. The Morgan fingerprint density at radius 3 is 2.86 bits per heavy atom. The molecule has 1 rings (SSSR count). The quantitative estimate of drug-likeness (QED) is 0.684. The molecule has 0 bridgehead atoms. The monoisotopic (exact) mass is 190 g/mol. The second-order valence-corrected chi connectivity index (χ2v) is 2.62. The third-order valence-corrected chi connectivity index (χ3v) is 1.65. The summed E-state index contributed by atoms with van der Waals surface area (Å²) in [5, 5.41) is 2.96. The van der Waals surface area contributed by atoms with E-state index in [2.05, 4.69) is 15.3 Å². The molecule has 74 valence electrons. The number of aliphatic imine (C=N–C) groups is 1. The highest BCUT2D eigenvalue weighted by Gasteiger charge is 1.96. The van der Waals surface area contributed by atoms with Gasteiger partial charge in [-0.3, -0.25) is 9.98 Å². The fourth-order valence-electron chi connectivity index (χ4n) is 1.05. The Morgan fingerprint density at radius 1 is 1.57 bits per heavy atom. The lowest BCUT2D eigenvalue weighted by Crippen LogP contribution is -2.00. The van der Waals surface area contributed by atoms with Crippen LogP contribution in [0.2, 0.25) is 0 Å². The van der Waals surface area contributed by atoms with Crippen molar-refractivity contribution < 1.29 is 0 Å². The Balaban J connectivity index is 2.90. The number of allylic oxidation sites excluding steroid dienone is 1. The Labute approximate surface area is 83.6 Å². The molecule has 1 aromatic heterocycles. The minimum absolute atomic E-state index is 0.298. The molecule has 0 atom stereocenters. The maximum absolute atomic E-state index is 5.29. The van der Waals surface area contributed by atoms with E-state index in [1.165, 1.54) is 0 Å². The van der Waals surface area contributed by atoms with E-state index in [9.17, 15) is 0 Å². The Morgan fingerprint density at radius 2 is 2.29 bits per heavy atom. The van der Waals surface area contributed by atoms with Crippen molar-refractivity contribution in [1.82, 2.24) is 10.3 Å². The molecule has 0 fully saturated rings. The van der Waals surface area contributed by atoms with Crippen LogP contribution in [0, 0.1) is 0 Å². The van der Waals surface area contributed by atoms with Gasteiger partial charge in [-0.1, -0.05) is 0 Å². The first-order chi connectivity index (χ1) is 6.88. The molecule has 0 saturated heterocycles. The second-order valence-electron chi connectivity index (χ2n) is 2.62. The lowest BCUT2D eigenvalue weighted by atomic mass is 10.1. The van der Waals surface area contributed by atoms with Crippen molar-refractivity contribution in [3.05, 3.63) is 36.3 Å². The molecule has 0 spiro atoms. The fourth-order valence-corrected chi connectivity index (χ4v) is 1.05. The van der Waals surface area contributed by atoms with Crippen LogP contribution in [0.4, 0.5) is 0 Å². The number of aromatic nitrogens is 1. The van der Waals surface area contributed by atoms with E-state index >= 15 is 0 Å². The lowest BCUT2D eigenvalue weighted by molar-refractivity contribution is 1.08. The van der Waals surface area contributed by atoms with E-state index in [0.29, 0.717) is 6.67 Å². The highest BCUT2D eigenvalue weighted by atomic mass is 14.8. The zero-order valence-electron chi connectivity index (χ0n) is 8.14. The average Bonchev–Trinajstić information content (AvgIpc) is 2.25. The van der Waals surface area contributed by atoms with Gasteiger partial charge in [0.2, 0.25) is 0 Å². The average molecular weight is 190 g/mol. The van der Waals surface area contributed by atoms with Crippen LogP contribution in [0.25, 0.3) is 5.57 Å². The molecule has 4 nitrogen and oxygen atoms in total. The first-order valence-electron chi connectivity index (χ1n) is 4.36. The Bertz CT molecular complexity index is 316. The van der Waals surface area contributed by atoms with Crippen LogP contribution >= 0.6 is 0 Å². The van der Waals surface area contributed by atoms with Gasteiger partial charge in [-0.25, -0.2) is 0 Å². The smallest absolute Gasteiger partial charge is 0.0859 e. The van der Waals surface area contributed by atoms with Crippen LogP contribution in [0.5, 0.6) is 0 Å². The van der Waals surface area contributed by atoms with Gasteiger partial charge in [0.15, 0.2) is 0 Å². The third kappa shape index (κ3) is 2.99. The summed E-state index contributed by atoms with van der Waals surface area (Å²) in [6.45, 7) is 0.298. The van der Waals surface area contributed by atoms with Gasteiger partial charge in [0.25, 0.3) is 0 Å². The van der Waals surface area contributed by atoms with E-state index in [4.69, 9.17) is 5.73 Å². The molecule has 0 unspecified atom stereocenters. The molecule has 4 heteroatoms. The largest absolute Gasteiger partial charge is 0.393 e. The second kappa shape index (κ2) is 5.88. The molecule has 0 radical (unpaired) electrons. The number of hydrogen-bond donors (Lipinski definition) is 2. The molecule has 0 amide bonds. The van der Waals surface area contributed by atoms with Gasteiger partial charge < -0.3 is 11.1 Å². The zero-order valence-corrected chi connectivity index (χ0v) is 8.14. The van der Waals surface area contributed by atoms with Gasteiger partial charge in [0.05, 0.1) is 6.67 Å². The number of nitrogens with one attached hydrogen (secondary N) is 1.